The second-order valence-electron chi connectivity index (χ2n) is 9.87. The van der Waals surface area contributed by atoms with Crippen LogP contribution >= 0.6 is 0 Å². The standard InChI is InChI=1S/C28H26N6O/c35-28(21-5-6-21)33-12-10-18(16-33)17-34-26-9-11-29-15-25(26)31-27(34)20-3-1-19(2-4-20)22-7-8-23-14-30-32-24(23)13-22/h1-4,7-9,11,13-15,18,21H,5-6,10,12,16-17H2,(H,30,32)/t18-/m0/s1. The Balaban J connectivity index is 1.19. The number of pyridine rings is 1. The molecule has 0 radical (unpaired) electrons. The number of nitrogens with zero attached hydrogens (tertiary/aromatic N) is 5. The first-order chi connectivity index (χ1) is 17.2. The number of hydrogen-bond acceptors (Lipinski definition) is 4. The van der Waals surface area contributed by atoms with E-state index in [1.54, 1.807) is 0 Å². The maximum atomic E-state index is 12.6. The van der Waals surface area contributed by atoms with Crippen LogP contribution in [0.2, 0.25) is 0 Å². The summed E-state index contributed by atoms with van der Waals surface area (Å²) in [4.78, 5) is 23.9. The third-order valence-electron chi connectivity index (χ3n) is 7.43. The summed E-state index contributed by atoms with van der Waals surface area (Å²) in [7, 11) is 0. The molecule has 7 rings (SSSR count). The lowest BCUT2D eigenvalue weighted by Gasteiger charge is -2.18. The minimum atomic E-state index is 0.289. The lowest BCUT2D eigenvalue weighted by atomic mass is 10.0. The Kier molecular flexibility index (Phi) is 4.68. The summed E-state index contributed by atoms with van der Waals surface area (Å²) in [6.07, 6.45) is 8.67. The number of aromatic amines is 1. The summed E-state index contributed by atoms with van der Waals surface area (Å²) in [6.45, 7) is 2.57. The van der Waals surface area contributed by atoms with Crippen LogP contribution in [0.15, 0.2) is 67.1 Å². The van der Waals surface area contributed by atoms with E-state index in [1.807, 2.05) is 24.7 Å². The van der Waals surface area contributed by atoms with Crippen LogP contribution in [0.1, 0.15) is 19.3 Å². The number of amides is 1. The number of imidazole rings is 1. The van der Waals surface area contributed by atoms with E-state index in [1.165, 1.54) is 0 Å². The molecule has 7 heteroatoms. The molecule has 1 saturated heterocycles. The van der Waals surface area contributed by atoms with E-state index in [0.29, 0.717) is 11.8 Å². The van der Waals surface area contributed by atoms with E-state index in [9.17, 15) is 4.79 Å². The van der Waals surface area contributed by atoms with Crippen molar-refractivity contribution in [1.82, 2.24) is 29.6 Å². The molecule has 4 heterocycles. The predicted molar refractivity (Wildman–Crippen MR) is 135 cm³/mol. The molecule has 0 spiro atoms. The fourth-order valence-corrected chi connectivity index (χ4v) is 5.34. The van der Waals surface area contributed by atoms with Crippen molar-refractivity contribution in [2.24, 2.45) is 11.8 Å². The van der Waals surface area contributed by atoms with Crippen LogP contribution in [0.5, 0.6) is 0 Å². The van der Waals surface area contributed by atoms with Gasteiger partial charge in [0, 0.05) is 42.7 Å². The summed E-state index contributed by atoms with van der Waals surface area (Å²) >= 11 is 0. The van der Waals surface area contributed by atoms with Crippen LogP contribution < -0.4 is 0 Å². The predicted octanol–water partition coefficient (Wildman–Crippen LogP) is 4.90. The Morgan fingerprint density at radius 2 is 1.80 bits per heavy atom. The van der Waals surface area contributed by atoms with Crippen LogP contribution in [0, 0.1) is 11.8 Å². The van der Waals surface area contributed by atoms with Gasteiger partial charge in [-0.2, -0.15) is 5.10 Å². The zero-order valence-corrected chi connectivity index (χ0v) is 19.4. The van der Waals surface area contributed by atoms with Gasteiger partial charge in [-0.25, -0.2) is 4.98 Å². The quantitative estimate of drug-likeness (QED) is 0.403. The minimum absolute atomic E-state index is 0.289. The topological polar surface area (TPSA) is 79.7 Å². The lowest BCUT2D eigenvalue weighted by molar-refractivity contribution is -0.131. The van der Waals surface area contributed by atoms with E-state index in [4.69, 9.17) is 4.98 Å². The molecule has 174 valence electrons. The SMILES string of the molecule is O=C(C1CC1)N1CC[C@H](Cn2c(-c3ccc(-c4ccc5cn[nH]c5c4)cc3)nc3cnccc32)C1. The molecule has 1 amide bonds. The van der Waals surface area contributed by atoms with Crippen molar-refractivity contribution in [2.45, 2.75) is 25.8 Å². The normalized spacial score (nSPS) is 18.1. The molecule has 1 aliphatic carbocycles. The van der Waals surface area contributed by atoms with E-state index < -0.39 is 0 Å². The van der Waals surface area contributed by atoms with Crippen LogP contribution in [0.4, 0.5) is 0 Å². The smallest absolute Gasteiger partial charge is 0.225 e. The molecule has 0 bridgehead atoms. The second kappa shape index (κ2) is 8.05. The summed E-state index contributed by atoms with van der Waals surface area (Å²) in [5.41, 5.74) is 6.41. The fraction of sp³-hybridized carbons (Fsp3) is 0.286. The zero-order valence-electron chi connectivity index (χ0n) is 19.4. The molecular formula is C28H26N6O. The molecule has 7 nitrogen and oxygen atoms in total. The Morgan fingerprint density at radius 3 is 2.66 bits per heavy atom. The van der Waals surface area contributed by atoms with Crippen molar-refractivity contribution in [3.63, 3.8) is 0 Å². The van der Waals surface area contributed by atoms with E-state index >= 15 is 0 Å². The Morgan fingerprint density at radius 1 is 0.971 bits per heavy atom. The van der Waals surface area contributed by atoms with Gasteiger partial charge >= 0.3 is 0 Å². The highest BCUT2D eigenvalue weighted by molar-refractivity contribution is 5.85. The first kappa shape index (κ1) is 20.4. The number of likely N-dealkylation sites (tertiary alicyclic amines) is 1. The van der Waals surface area contributed by atoms with E-state index in [0.717, 1.165) is 83.3 Å². The van der Waals surface area contributed by atoms with Crippen LogP contribution in [0.3, 0.4) is 0 Å². The Labute approximate surface area is 202 Å². The number of carbonyl (C=O) groups excluding carboxylic acids is 1. The number of benzene rings is 2. The number of carbonyl (C=O) groups is 1. The molecule has 2 aliphatic rings. The summed E-state index contributed by atoms with van der Waals surface area (Å²) in [5.74, 6) is 2.03. The number of nitrogens with one attached hydrogen (secondary N) is 1. The van der Waals surface area contributed by atoms with Crippen molar-refractivity contribution in [1.29, 1.82) is 0 Å². The Hall–Kier alpha value is -4.00. The molecule has 0 unspecified atom stereocenters. The third kappa shape index (κ3) is 3.67. The molecule has 1 aliphatic heterocycles. The molecule has 1 atom stereocenters. The second-order valence-corrected chi connectivity index (χ2v) is 9.87. The average molecular weight is 463 g/mol. The zero-order chi connectivity index (χ0) is 23.4. The molecule has 1 saturated carbocycles. The van der Waals surface area contributed by atoms with Crippen LogP contribution in [-0.4, -0.2) is 48.6 Å². The highest BCUT2D eigenvalue weighted by atomic mass is 16.2. The van der Waals surface area contributed by atoms with Gasteiger partial charge in [-0.3, -0.25) is 14.9 Å². The van der Waals surface area contributed by atoms with Gasteiger partial charge in [0.2, 0.25) is 5.91 Å². The van der Waals surface area contributed by atoms with Crippen molar-refractivity contribution in [3.8, 4) is 22.5 Å². The largest absolute Gasteiger partial charge is 0.342 e. The summed E-state index contributed by atoms with van der Waals surface area (Å²) in [6, 6.07) is 17.0. The monoisotopic (exact) mass is 462 g/mol. The fourth-order valence-electron chi connectivity index (χ4n) is 5.34. The minimum Gasteiger partial charge on any atom is -0.342 e. The highest BCUT2D eigenvalue weighted by Gasteiger charge is 2.36. The van der Waals surface area contributed by atoms with Crippen molar-refractivity contribution >= 4 is 27.8 Å². The van der Waals surface area contributed by atoms with Gasteiger partial charge < -0.3 is 9.47 Å². The van der Waals surface area contributed by atoms with Gasteiger partial charge in [0.25, 0.3) is 0 Å². The maximum Gasteiger partial charge on any atom is 0.225 e. The number of aromatic nitrogens is 5. The highest BCUT2D eigenvalue weighted by Crippen LogP contribution is 2.34. The molecule has 3 aromatic heterocycles. The molecule has 35 heavy (non-hydrogen) atoms. The van der Waals surface area contributed by atoms with Gasteiger partial charge in [0.15, 0.2) is 0 Å². The lowest BCUT2D eigenvalue weighted by Crippen LogP contribution is -2.30. The maximum absolute atomic E-state index is 12.6. The average Bonchev–Trinajstić information content (AvgIpc) is 3.30. The summed E-state index contributed by atoms with van der Waals surface area (Å²) in [5, 5.41) is 8.28. The molecule has 5 aromatic rings. The van der Waals surface area contributed by atoms with Gasteiger partial charge in [-0.1, -0.05) is 36.4 Å². The number of rotatable bonds is 5. The van der Waals surface area contributed by atoms with Gasteiger partial charge in [-0.05, 0) is 48.4 Å². The van der Waals surface area contributed by atoms with Gasteiger partial charge in [-0.15, -0.1) is 0 Å². The number of fused-ring (bicyclic) bond motifs is 2. The number of hydrogen-bond donors (Lipinski definition) is 1. The van der Waals surface area contributed by atoms with Crippen molar-refractivity contribution in [3.05, 3.63) is 67.1 Å². The van der Waals surface area contributed by atoms with Crippen LogP contribution in [0.25, 0.3) is 44.5 Å². The van der Waals surface area contributed by atoms with Gasteiger partial charge in [0.1, 0.15) is 11.3 Å². The van der Waals surface area contributed by atoms with E-state index in [2.05, 4.69) is 67.1 Å². The first-order valence-electron chi connectivity index (χ1n) is 12.4. The van der Waals surface area contributed by atoms with Crippen molar-refractivity contribution in [2.75, 3.05) is 13.1 Å². The molecular weight excluding hydrogens is 436 g/mol. The molecule has 1 N–H and O–H groups in total. The van der Waals surface area contributed by atoms with E-state index in [-0.39, 0.29) is 5.92 Å². The molecule has 2 aromatic carbocycles. The molecule has 2 fully saturated rings. The summed E-state index contributed by atoms with van der Waals surface area (Å²) < 4.78 is 2.32. The first-order valence-corrected chi connectivity index (χ1v) is 12.4. The van der Waals surface area contributed by atoms with Gasteiger partial charge in [0.05, 0.1) is 23.4 Å². The third-order valence-corrected chi connectivity index (χ3v) is 7.43. The van der Waals surface area contributed by atoms with Crippen molar-refractivity contribution < 1.29 is 4.79 Å². The Bertz CT molecular complexity index is 1550. The number of H-pyrrole nitrogens is 1. The van der Waals surface area contributed by atoms with Crippen LogP contribution in [-0.2, 0) is 11.3 Å².